The van der Waals surface area contributed by atoms with Gasteiger partial charge in [0.25, 0.3) is 0 Å². The van der Waals surface area contributed by atoms with E-state index >= 15 is 0 Å². The van der Waals surface area contributed by atoms with Crippen molar-refractivity contribution >= 4 is 12.6 Å². The summed E-state index contributed by atoms with van der Waals surface area (Å²) in [7, 11) is 0. The Hall–Kier alpha value is -1.10. The first-order valence-corrected chi connectivity index (χ1v) is 7.62. The van der Waals surface area contributed by atoms with Gasteiger partial charge in [-0.3, -0.25) is 0 Å². The molecule has 13 heteroatoms. The lowest BCUT2D eigenvalue weighted by Gasteiger charge is -2.21. The van der Waals surface area contributed by atoms with Gasteiger partial charge in [-0.15, -0.1) is 0 Å². The summed E-state index contributed by atoms with van der Waals surface area (Å²) in [6.07, 6.45) is -11.5. The highest BCUT2D eigenvalue weighted by Gasteiger charge is 2.27. The lowest BCUT2D eigenvalue weighted by molar-refractivity contribution is -0.132. The van der Waals surface area contributed by atoms with E-state index in [1.807, 2.05) is 0 Å². The first kappa shape index (κ1) is 30.6. The molecule has 0 saturated carbocycles. The zero-order valence-corrected chi connectivity index (χ0v) is 14.6. The molecule has 0 unspecified atom stereocenters. The minimum Gasteiger partial charge on any atom is -0.394 e. The summed E-state index contributed by atoms with van der Waals surface area (Å²) in [5, 5.41) is 93.2. The summed E-state index contributed by atoms with van der Waals surface area (Å²) in [6, 6.07) is 0. The SMILES string of the molecule is C[C@H](O)[C@H](O)[C@@H](O)[C@@H](O)C=O.O=C[C@H](O)[C@H](O)[C@H](O)CO.OCC(O)CO. The van der Waals surface area contributed by atoms with Crippen LogP contribution in [0.4, 0.5) is 0 Å². The Morgan fingerprint density at radius 3 is 1.22 bits per heavy atom. The maximum Gasteiger partial charge on any atom is 0.151 e. The van der Waals surface area contributed by atoms with Gasteiger partial charge in [0.2, 0.25) is 0 Å². The van der Waals surface area contributed by atoms with Gasteiger partial charge in [-0.1, -0.05) is 0 Å². The second kappa shape index (κ2) is 18.3. The zero-order valence-electron chi connectivity index (χ0n) is 14.6. The van der Waals surface area contributed by atoms with Crippen molar-refractivity contribution in [2.45, 2.75) is 55.8 Å². The van der Waals surface area contributed by atoms with E-state index < -0.39 is 55.4 Å². The lowest BCUT2D eigenvalue weighted by Crippen LogP contribution is -2.43. The highest BCUT2D eigenvalue weighted by atomic mass is 16.4. The van der Waals surface area contributed by atoms with Gasteiger partial charge in [-0.2, -0.15) is 0 Å². The predicted octanol–water partition coefficient (Wildman–Crippen LogP) is -6.76. The number of carbonyl (C=O) groups excluding carboxylic acids is 2. The summed E-state index contributed by atoms with van der Waals surface area (Å²) in [5.41, 5.74) is 0. The van der Waals surface area contributed by atoms with Crippen molar-refractivity contribution in [2.75, 3.05) is 19.8 Å². The standard InChI is InChI=1S/C6H12O5.C5H10O5.C3H8O3/c1-3(8)5(10)6(11)4(9)2-7;6-1-3(8)5(10)4(9)2-7;4-1-3(6)2-5/h2-6,8-11H,1H3;1,3-5,7-10H,2H2;3-6H,1-2H2/t3-,4-,5-,6-;3-,4+,5-;/m00./s1. The third-order valence-corrected chi connectivity index (χ3v) is 2.83. The fraction of sp³-hybridized carbons (Fsp3) is 0.857. The number of hydrogen-bond acceptors (Lipinski definition) is 13. The number of aliphatic hydroxyl groups excluding tert-OH is 11. The molecule has 0 amide bonds. The molecule has 0 aromatic carbocycles. The summed E-state index contributed by atoms with van der Waals surface area (Å²) in [4.78, 5) is 19.6. The number of carbonyl (C=O) groups is 2. The molecule has 0 aliphatic rings. The van der Waals surface area contributed by atoms with E-state index in [9.17, 15) is 9.59 Å². The monoisotopic (exact) mass is 406 g/mol. The van der Waals surface area contributed by atoms with Gasteiger partial charge < -0.3 is 65.8 Å². The van der Waals surface area contributed by atoms with Gasteiger partial charge >= 0.3 is 0 Å². The van der Waals surface area contributed by atoms with Crippen LogP contribution in [-0.4, -0.2) is 137 Å². The first-order chi connectivity index (χ1) is 12.4. The third kappa shape index (κ3) is 15.6. The van der Waals surface area contributed by atoms with Crippen molar-refractivity contribution in [3.63, 3.8) is 0 Å². The lowest BCUT2D eigenvalue weighted by atomic mass is 10.1. The molecule has 0 heterocycles. The van der Waals surface area contributed by atoms with Crippen LogP contribution in [0.15, 0.2) is 0 Å². The number of rotatable bonds is 10. The summed E-state index contributed by atoms with van der Waals surface area (Å²) in [5.74, 6) is 0. The molecule has 164 valence electrons. The molecule has 0 aromatic rings. The van der Waals surface area contributed by atoms with Crippen LogP contribution in [0.25, 0.3) is 0 Å². The topological polar surface area (TPSA) is 257 Å². The van der Waals surface area contributed by atoms with Gasteiger partial charge in [-0.25, -0.2) is 0 Å². The molecular weight excluding hydrogens is 376 g/mol. The van der Waals surface area contributed by atoms with Gasteiger partial charge in [-0.05, 0) is 6.92 Å². The van der Waals surface area contributed by atoms with Gasteiger partial charge in [0.05, 0.1) is 25.9 Å². The van der Waals surface area contributed by atoms with Crippen molar-refractivity contribution in [1.82, 2.24) is 0 Å². The van der Waals surface area contributed by atoms with E-state index in [-0.39, 0.29) is 25.8 Å². The van der Waals surface area contributed by atoms with Crippen LogP contribution < -0.4 is 0 Å². The quantitative estimate of drug-likeness (QED) is 0.151. The van der Waals surface area contributed by atoms with Crippen LogP contribution in [0.3, 0.4) is 0 Å². The van der Waals surface area contributed by atoms with Gasteiger partial charge in [0.15, 0.2) is 12.6 Å². The highest BCUT2D eigenvalue weighted by Crippen LogP contribution is 2.02. The zero-order chi connectivity index (χ0) is 22.2. The number of hydrogen-bond donors (Lipinski definition) is 11. The number of aldehydes is 2. The van der Waals surface area contributed by atoms with E-state index in [2.05, 4.69) is 0 Å². The van der Waals surface area contributed by atoms with Crippen LogP contribution >= 0.6 is 0 Å². The predicted molar refractivity (Wildman–Crippen MR) is 87.1 cm³/mol. The van der Waals surface area contributed by atoms with Crippen molar-refractivity contribution in [3.05, 3.63) is 0 Å². The maximum absolute atomic E-state index is 9.87. The van der Waals surface area contributed by atoms with Crippen LogP contribution in [0.2, 0.25) is 0 Å². The molecule has 0 aliphatic carbocycles. The molecule has 0 rings (SSSR count). The van der Waals surface area contributed by atoms with Crippen molar-refractivity contribution in [1.29, 1.82) is 0 Å². The van der Waals surface area contributed by atoms with E-state index in [4.69, 9.17) is 56.2 Å². The van der Waals surface area contributed by atoms with Crippen LogP contribution in [0.1, 0.15) is 6.92 Å². The van der Waals surface area contributed by atoms with E-state index in [0.717, 1.165) is 0 Å². The van der Waals surface area contributed by atoms with Crippen molar-refractivity contribution in [3.8, 4) is 0 Å². The normalized spacial score (nSPS) is 18.4. The Balaban J connectivity index is -0.000000334. The van der Waals surface area contributed by atoms with Crippen molar-refractivity contribution in [2.24, 2.45) is 0 Å². The Morgan fingerprint density at radius 1 is 0.630 bits per heavy atom. The molecule has 0 bridgehead atoms. The van der Waals surface area contributed by atoms with Gasteiger partial charge in [0.1, 0.15) is 42.7 Å². The molecule has 11 N–H and O–H groups in total. The smallest absolute Gasteiger partial charge is 0.151 e. The Bertz CT molecular complexity index is 350. The molecule has 0 aliphatic heterocycles. The fourth-order valence-corrected chi connectivity index (χ4v) is 1.04. The molecule has 0 saturated heterocycles. The summed E-state index contributed by atoms with van der Waals surface area (Å²) in [6.45, 7) is -0.176. The van der Waals surface area contributed by atoms with Crippen LogP contribution in [-0.2, 0) is 9.59 Å². The molecule has 27 heavy (non-hydrogen) atoms. The summed E-state index contributed by atoms with van der Waals surface area (Å²) < 4.78 is 0. The van der Waals surface area contributed by atoms with Crippen molar-refractivity contribution < 1.29 is 65.8 Å². The fourth-order valence-electron chi connectivity index (χ4n) is 1.04. The summed E-state index contributed by atoms with van der Waals surface area (Å²) >= 11 is 0. The average Bonchev–Trinajstić information content (AvgIpc) is 2.69. The molecule has 0 aromatic heterocycles. The largest absolute Gasteiger partial charge is 0.394 e. The van der Waals surface area contributed by atoms with Crippen LogP contribution in [0, 0.1) is 0 Å². The highest BCUT2D eigenvalue weighted by molar-refractivity contribution is 5.57. The Morgan fingerprint density at radius 2 is 1.00 bits per heavy atom. The Kier molecular flexibility index (Phi) is 20.7. The van der Waals surface area contributed by atoms with E-state index in [0.29, 0.717) is 0 Å². The minimum absolute atomic E-state index is 0.0869. The second-order valence-electron chi connectivity index (χ2n) is 5.23. The molecule has 0 spiro atoms. The molecule has 7 atom stereocenters. The minimum atomic E-state index is -1.65. The molecule has 0 fully saturated rings. The van der Waals surface area contributed by atoms with Gasteiger partial charge in [0, 0.05) is 0 Å². The van der Waals surface area contributed by atoms with Crippen LogP contribution in [0.5, 0.6) is 0 Å². The average molecular weight is 406 g/mol. The molecule has 13 nitrogen and oxygen atoms in total. The maximum atomic E-state index is 9.87. The Labute approximate surface area is 155 Å². The molecule has 0 radical (unpaired) electrons. The third-order valence-electron chi connectivity index (χ3n) is 2.83. The number of aliphatic hydroxyl groups is 11. The van der Waals surface area contributed by atoms with E-state index in [1.54, 1.807) is 0 Å². The van der Waals surface area contributed by atoms with E-state index in [1.165, 1.54) is 6.92 Å². The second-order valence-corrected chi connectivity index (χ2v) is 5.23. The first-order valence-electron chi connectivity index (χ1n) is 7.62. The molecular formula is C14H30O13.